The van der Waals surface area contributed by atoms with Crippen molar-refractivity contribution in [3.8, 4) is 10.4 Å². The Morgan fingerprint density at radius 1 is 0.735 bits per heavy atom. The maximum Gasteiger partial charge on any atom is 0.267 e. The van der Waals surface area contributed by atoms with Crippen LogP contribution in [0.25, 0.3) is 21.2 Å². The van der Waals surface area contributed by atoms with Crippen molar-refractivity contribution in [3.63, 3.8) is 0 Å². The molecule has 34 heavy (non-hydrogen) atoms. The summed E-state index contributed by atoms with van der Waals surface area (Å²) in [5.41, 5.74) is 7.66. The summed E-state index contributed by atoms with van der Waals surface area (Å²) in [5, 5.41) is 3.31. The number of thiophene rings is 1. The van der Waals surface area contributed by atoms with Crippen LogP contribution in [0.5, 0.6) is 0 Å². The second kappa shape index (κ2) is 8.25. The van der Waals surface area contributed by atoms with E-state index in [4.69, 9.17) is 0 Å². The summed E-state index contributed by atoms with van der Waals surface area (Å²) < 4.78 is 1.72. The molecular weight excluding hydrogens is 551 g/mol. The standard InChI is InChI=1S/C29H21IN2OS/c1-18-6-10-20(11-7-18)31(21-12-8-19(2)9-13-21)27-17-16-26(34-27)22-14-15-25-28-23(22)4-3-5-24(28)29(33)32(25)30/h3-17H,1-2H3. The first-order chi connectivity index (χ1) is 16.5. The average molecular weight is 572 g/mol. The quantitative estimate of drug-likeness (QED) is 0.159. The molecule has 0 bridgehead atoms. The minimum atomic E-state index is 0.0511. The molecular formula is C29H21IN2OS. The van der Waals surface area contributed by atoms with Gasteiger partial charge in [0.25, 0.3) is 5.91 Å². The molecule has 166 valence electrons. The fourth-order valence-electron chi connectivity index (χ4n) is 4.54. The zero-order valence-electron chi connectivity index (χ0n) is 18.7. The lowest BCUT2D eigenvalue weighted by Crippen LogP contribution is -2.13. The van der Waals surface area contributed by atoms with E-state index in [2.05, 4.69) is 120 Å². The van der Waals surface area contributed by atoms with E-state index < -0.39 is 0 Å². The fraction of sp³-hybridized carbons (Fsp3) is 0.0690. The molecule has 5 aromatic rings. The van der Waals surface area contributed by atoms with Gasteiger partial charge < -0.3 is 4.90 Å². The maximum atomic E-state index is 12.7. The molecule has 2 heterocycles. The Balaban J connectivity index is 1.49. The number of rotatable bonds is 4. The Morgan fingerprint density at radius 3 is 2.03 bits per heavy atom. The van der Waals surface area contributed by atoms with Crippen LogP contribution in [0.4, 0.5) is 22.1 Å². The summed E-state index contributed by atoms with van der Waals surface area (Å²) in [4.78, 5) is 16.2. The van der Waals surface area contributed by atoms with E-state index in [1.54, 1.807) is 14.5 Å². The maximum absolute atomic E-state index is 12.7. The Hall–Kier alpha value is -3.16. The highest BCUT2D eigenvalue weighted by molar-refractivity contribution is 14.1. The number of carbonyl (C=O) groups excluding carboxylic acids is 1. The predicted octanol–water partition coefficient (Wildman–Crippen LogP) is 8.97. The van der Waals surface area contributed by atoms with E-state index in [1.807, 2.05) is 12.1 Å². The zero-order chi connectivity index (χ0) is 23.4. The van der Waals surface area contributed by atoms with E-state index in [-0.39, 0.29) is 5.91 Å². The molecule has 1 aliphatic rings. The highest BCUT2D eigenvalue weighted by Crippen LogP contribution is 2.47. The van der Waals surface area contributed by atoms with Crippen molar-refractivity contribution in [2.24, 2.45) is 0 Å². The van der Waals surface area contributed by atoms with Crippen LogP contribution in [-0.4, -0.2) is 5.91 Å². The molecule has 0 atom stereocenters. The molecule has 0 fully saturated rings. The van der Waals surface area contributed by atoms with Crippen LogP contribution in [0.15, 0.2) is 91.0 Å². The lowest BCUT2D eigenvalue weighted by Gasteiger charge is -2.24. The van der Waals surface area contributed by atoms with E-state index in [0.717, 1.165) is 44.0 Å². The van der Waals surface area contributed by atoms with E-state index in [9.17, 15) is 4.79 Å². The minimum Gasteiger partial charge on any atom is -0.302 e. The van der Waals surface area contributed by atoms with Crippen LogP contribution >= 0.6 is 34.2 Å². The van der Waals surface area contributed by atoms with Crippen molar-refractivity contribution >= 4 is 72.9 Å². The third kappa shape index (κ3) is 3.42. The van der Waals surface area contributed by atoms with Crippen LogP contribution in [-0.2, 0) is 0 Å². The van der Waals surface area contributed by atoms with Crippen molar-refractivity contribution < 1.29 is 4.79 Å². The summed E-state index contributed by atoms with van der Waals surface area (Å²) in [7, 11) is 0. The minimum absolute atomic E-state index is 0.0511. The summed E-state index contributed by atoms with van der Waals surface area (Å²) >= 11 is 3.87. The van der Waals surface area contributed by atoms with Gasteiger partial charge in [-0.25, -0.2) is 3.11 Å². The van der Waals surface area contributed by atoms with Gasteiger partial charge in [0.15, 0.2) is 0 Å². The van der Waals surface area contributed by atoms with Crippen LogP contribution in [0, 0.1) is 13.8 Å². The molecule has 0 aliphatic carbocycles. The Bertz CT molecular complexity index is 1510. The number of hydrogen-bond acceptors (Lipinski definition) is 3. The van der Waals surface area contributed by atoms with Crippen LogP contribution in [0.2, 0.25) is 0 Å². The molecule has 6 rings (SSSR count). The van der Waals surface area contributed by atoms with Crippen LogP contribution in [0.1, 0.15) is 21.5 Å². The van der Waals surface area contributed by atoms with Crippen LogP contribution in [0.3, 0.4) is 0 Å². The first-order valence-electron chi connectivity index (χ1n) is 11.1. The Labute approximate surface area is 216 Å². The number of nitrogens with zero attached hydrogens (tertiary/aromatic N) is 2. The normalized spacial score (nSPS) is 12.6. The molecule has 1 aliphatic heterocycles. The molecule has 0 radical (unpaired) electrons. The molecule has 3 nitrogen and oxygen atoms in total. The molecule has 0 spiro atoms. The molecule has 0 unspecified atom stereocenters. The first kappa shape index (κ1) is 21.4. The molecule has 5 heteroatoms. The van der Waals surface area contributed by atoms with Gasteiger partial charge >= 0.3 is 0 Å². The number of hydrogen-bond donors (Lipinski definition) is 0. The van der Waals surface area contributed by atoms with Gasteiger partial charge in [0.1, 0.15) is 5.00 Å². The van der Waals surface area contributed by atoms with Gasteiger partial charge in [-0.05, 0) is 73.3 Å². The Kier molecular flexibility index (Phi) is 5.19. The van der Waals surface area contributed by atoms with Crippen molar-refractivity contribution in [2.75, 3.05) is 8.01 Å². The first-order valence-corrected chi connectivity index (χ1v) is 12.9. The zero-order valence-corrected chi connectivity index (χ0v) is 21.7. The third-order valence-corrected chi connectivity index (χ3v) is 8.36. The highest BCUT2D eigenvalue weighted by Gasteiger charge is 2.29. The molecule has 1 aromatic heterocycles. The lowest BCUT2D eigenvalue weighted by molar-refractivity contribution is 0.102. The molecule has 0 saturated carbocycles. The number of amides is 1. The van der Waals surface area contributed by atoms with Gasteiger partial charge in [-0.3, -0.25) is 4.79 Å². The fourth-order valence-corrected chi connectivity index (χ4v) is 6.29. The average Bonchev–Trinajstić information content (AvgIpc) is 3.42. The second-order valence-corrected chi connectivity index (χ2v) is 10.6. The van der Waals surface area contributed by atoms with E-state index in [0.29, 0.717) is 0 Å². The topological polar surface area (TPSA) is 23.6 Å². The summed E-state index contributed by atoms with van der Waals surface area (Å²) in [6.45, 7) is 4.22. The van der Waals surface area contributed by atoms with Crippen molar-refractivity contribution in [1.29, 1.82) is 0 Å². The third-order valence-electron chi connectivity index (χ3n) is 6.30. The summed E-state index contributed by atoms with van der Waals surface area (Å²) in [6, 6.07) is 31.9. The SMILES string of the molecule is Cc1ccc(N(c2ccc(C)cc2)c2ccc(-c3ccc4c5c(cccc35)C(=O)N4I)s2)cc1. The highest BCUT2D eigenvalue weighted by atomic mass is 127. The number of anilines is 4. The van der Waals surface area contributed by atoms with Gasteiger partial charge in [-0.15, -0.1) is 11.3 Å². The van der Waals surface area contributed by atoms with Crippen molar-refractivity contribution in [1.82, 2.24) is 0 Å². The van der Waals surface area contributed by atoms with Gasteiger partial charge in [0.2, 0.25) is 0 Å². The van der Waals surface area contributed by atoms with E-state index in [1.165, 1.54) is 16.0 Å². The van der Waals surface area contributed by atoms with Crippen molar-refractivity contribution in [3.05, 3.63) is 108 Å². The number of halogens is 1. The largest absolute Gasteiger partial charge is 0.302 e. The molecule has 4 aromatic carbocycles. The number of carbonyl (C=O) groups is 1. The van der Waals surface area contributed by atoms with Gasteiger partial charge in [-0.2, -0.15) is 0 Å². The smallest absolute Gasteiger partial charge is 0.267 e. The molecule has 0 saturated heterocycles. The van der Waals surface area contributed by atoms with Gasteiger partial charge in [-0.1, -0.05) is 53.6 Å². The summed E-state index contributed by atoms with van der Waals surface area (Å²) in [5.74, 6) is 0.0511. The summed E-state index contributed by atoms with van der Waals surface area (Å²) in [6.07, 6.45) is 0. The van der Waals surface area contributed by atoms with Gasteiger partial charge in [0.05, 0.1) is 34.1 Å². The molecule has 0 N–H and O–H groups in total. The van der Waals surface area contributed by atoms with Gasteiger partial charge in [0, 0.05) is 21.6 Å². The second-order valence-electron chi connectivity index (χ2n) is 8.59. The monoisotopic (exact) mass is 572 g/mol. The Morgan fingerprint density at radius 2 is 1.38 bits per heavy atom. The lowest BCUT2D eigenvalue weighted by atomic mass is 10.00. The number of benzene rings is 4. The molecule has 1 amide bonds. The van der Waals surface area contributed by atoms with E-state index >= 15 is 0 Å². The van der Waals surface area contributed by atoms with Crippen LogP contribution < -0.4 is 8.01 Å². The van der Waals surface area contributed by atoms with Crippen molar-refractivity contribution in [2.45, 2.75) is 13.8 Å². The predicted molar refractivity (Wildman–Crippen MR) is 152 cm³/mol. The number of aryl methyl sites for hydroxylation is 2.